The van der Waals surface area contributed by atoms with E-state index in [4.69, 9.17) is 11.6 Å². The molecule has 84 valence electrons. The van der Waals surface area contributed by atoms with E-state index in [2.05, 4.69) is 20.4 Å². The number of hydrogen-bond acceptors (Lipinski definition) is 4. The molecular formula is C10H12ClN5. The third-order valence-corrected chi connectivity index (χ3v) is 2.48. The van der Waals surface area contributed by atoms with Crippen molar-refractivity contribution in [1.82, 2.24) is 25.1 Å². The number of nitrogens with one attached hydrogen (secondary N) is 1. The van der Waals surface area contributed by atoms with Gasteiger partial charge in [-0.2, -0.15) is 5.10 Å². The number of aromatic nitrogens is 4. The van der Waals surface area contributed by atoms with Gasteiger partial charge in [0.2, 0.25) is 0 Å². The van der Waals surface area contributed by atoms with Crippen LogP contribution in [0.5, 0.6) is 0 Å². The fraction of sp³-hybridized carbons (Fsp3) is 0.300. The van der Waals surface area contributed by atoms with Gasteiger partial charge in [0, 0.05) is 12.7 Å². The Bertz CT molecular complexity index is 454. The average molecular weight is 238 g/mol. The first-order chi connectivity index (χ1) is 7.81. The smallest absolute Gasteiger partial charge is 0.155 e. The Kier molecular flexibility index (Phi) is 3.48. The molecule has 2 rings (SSSR count). The Hall–Kier alpha value is -1.46. The quantitative estimate of drug-likeness (QED) is 0.874. The maximum absolute atomic E-state index is 6.05. The van der Waals surface area contributed by atoms with Gasteiger partial charge in [-0.1, -0.05) is 18.5 Å². The van der Waals surface area contributed by atoms with E-state index in [1.54, 1.807) is 17.2 Å². The third kappa shape index (κ3) is 2.37. The van der Waals surface area contributed by atoms with Crippen LogP contribution in [0.1, 0.15) is 12.5 Å². The molecule has 2 aromatic rings. The molecule has 2 aromatic heterocycles. The number of rotatable bonds is 4. The molecule has 0 aliphatic heterocycles. The lowest BCUT2D eigenvalue weighted by Gasteiger charge is -2.06. The summed E-state index contributed by atoms with van der Waals surface area (Å²) in [4.78, 5) is 8.07. The largest absolute Gasteiger partial charge is 0.313 e. The molecule has 0 saturated heterocycles. The summed E-state index contributed by atoms with van der Waals surface area (Å²) in [6, 6.07) is 1.90. The van der Waals surface area contributed by atoms with Gasteiger partial charge in [0.25, 0.3) is 0 Å². The summed E-state index contributed by atoms with van der Waals surface area (Å²) < 4.78 is 1.60. The minimum Gasteiger partial charge on any atom is -0.313 e. The summed E-state index contributed by atoms with van der Waals surface area (Å²) in [5.74, 6) is 0.717. The Labute approximate surface area is 98.5 Å². The minimum atomic E-state index is 0.657. The second-order valence-electron chi connectivity index (χ2n) is 3.25. The minimum absolute atomic E-state index is 0.657. The first-order valence-corrected chi connectivity index (χ1v) is 5.39. The molecule has 0 atom stereocenters. The van der Waals surface area contributed by atoms with Crippen molar-refractivity contribution < 1.29 is 0 Å². The van der Waals surface area contributed by atoms with Crippen molar-refractivity contribution >= 4 is 11.6 Å². The fourth-order valence-corrected chi connectivity index (χ4v) is 1.48. The molecule has 0 fully saturated rings. The molecule has 2 heterocycles. The van der Waals surface area contributed by atoms with E-state index in [1.165, 1.54) is 6.33 Å². The van der Waals surface area contributed by atoms with Crippen molar-refractivity contribution in [2.75, 3.05) is 6.54 Å². The zero-order chi connectivity index (χ0) is 11.4. The molecule has 5 nitrogen and oxygen atoms in total. The molecule has 0 aliphatic carbocycles. The number of nitrogens with zero attached hydrogens (tertiary/aromatic N) is 4. The van der Waals surface area contributed by atoms with Crippen molar-refractivity contribution in [1.29, 1.82) is 0 Å². The van der Waals surface area contributed by atoms with Crippen molar-refractivity contribution in [2.45, 2.75) is 13.5 Å². The highest BCUT2D eigenvalue weighted by Gasteiger charge is 2.04. The van der Waals surface area contributed by atoms with Gasteiger partial charge in [-0.05, 0) is 18.2 Å². The van der Waals surface area contributed by atoms with Crippen LogP contribution in [0.3, 0.4) is 0 Å². The van der Waals surface area contributed by atoms with Crippen LogP contribution in [0.25, 0.3) is 5.82 Å². The first kappa shape index (κ1) is 11.0. The molecule has 0 spiro atoms. The molecule has 0 bridgehead atoms. The van der Waals surface area contributed by atoms with Crippen LogP contribution in [-0.4, -0.2) is 26.3 Å². The topological polar surface area (TPSA) is 55.6 Å². The highest BCUT2D eigenvalue weighted by atomic mass is 35.5. The Morgan fingerprint density at radius 2 is 2.38 bits per heavy atom. The van der Waals surface area contributed by atoms with Crippen molar-refractivity contribution in [2.24, 2.45) is 0 Å². The van der Waals surface area contributed by atoms with Crippen molar-refractivity contribution in [3.8, 4) is 5.82 Å². The van der Waals surface area contributed by atoms with E-state index >= 15 is 0 Å². The van der Waals surface area contributed by atoms with Gasteiger partial charge in [-0.3, -0.25) is 0 Å². The second kappa shape index (κ2) is 5.05. The monoisotopic (exact) mass is 237 g/mol. The lowest BCUT2D eigenvalue weighted by Crippen LogP contribution is -2.13. The third-order valence-electron chi connectivity index (χ3n) is 2.14. The Balaban J connectivity index is 2.28. The summed E-state index contributed by atoms with van der Waals surface area (Å²) in [6.45, 7) is 3.67. The molecule has 16 heavy (non-hydrogen) atoms. The Morgan fingerprint density at radius 1 is 1.50 bits per heavy atom. The standard InChI is InChI=1S/C10H12ClN5/c1-2-12-4-8-3-10(14-5-9(8)11)16-7-13-6-15-16/h3,5-7,12H,2,4H2,1H3. The zero-order valence-electron chi connectivity index (χ0n) is 8.89. The summed E-state index contributed by atoms with van der Waals surface area (Å²) in [7, 11) is 0. The predicted molar refractivity (Wildman–Crippen MR) is 61.5 cm³/mol. The summed E-state index contributed by atoms with van der Waals surface area (Å²) >= 11 is 6.05. The van der Waals surface area contributed by atoms with Crippen LogP contribution in [-0.2, 0) is 6.54 Å². The van der Waals surface area contributed by atoms with Crippen LogP contribution < -0.4 is 5.32 Å². The van der Waals surface area contributed by atoms with Crippen molar-refractivity contribution in [3.05, 3.63) is 35.5 Å². The molecular weight excluding hydrogens is 226 g/mol. The lowest BCUT2D eigenvalue weighted by atomic mass is 10.2. The normalized spacial score (nSPS) is 10.6. The van der Waals surface area contributed by atoms with Crippen LogP contribution >= 0.6 is 11.6 Å². The van der Waals surface area contributed by atoms with E-state index in [0.717, 1.165) is 24.5 Å². The Morgan fingerprint density at radius 3 is 3.06 bits per heavy atom. The van der Waals surface area contributed by atoms with E-state index in [0.29, 0.717) is 5.02 Å². The molecule has 0 radical (unpaired) electrons. The van der Waals surface area contributed by atoms with E-state index in [9.17, 15) is 0 Å². The molecule has 0 aromatic carbocycles. The highest BCUT2D eigenvalue weighted by molar-refractivity contribution is 6.31. The van der Waals surface area contributed by atoms with Crippen molar-refractivity contribution in [3.63, 3.8) is 0 Å². The lowest BCUT2D eigenvalue weighted by molar-refractivity contribution is 0.723. The van der Waals surface area contributed by atoms with Gasteiger partial charge < -0.3 is 5.32 Å². The zero-order valence-corrected chi connectivity index (χ0v) is 9.65. The van der Waals surface area contributed by atoms with Gasteiger partial charge in [-0.15, -0.1) is 0 Å². The molecule has 1 N–H and O–H groups in total. The van der Waals surface area contributed by atoms with Gasteiger partial charge in [-0.25, -0.2) is 14.6 Å². The van der Waals surface area contributed by atoms with E-state index in [1.807, 2.05) is 13.0 Å². The predicted octanol–water partition coefficient (Wildman–Crippen LogP) is 1.43. The average Bonchev–Trinajstić information content (AvgIpc) is 2.81. The van der Waals surface area contributed by atoms with E-state index < -0.39 is 0 Å². The second-order valence-corrected chi connectivity index (χ2v) is 3.66. The summed E-state index contributed by atoms with van der Waals surface area (Å²) in [5.41, 5.74) is 1.00. The fourth-order valence-electron chi connectivity index (χ4n) is 1.31. The van der Waals surface area contributed by atoms with Crippen LogP contribution in [0, 0.1) is 0 Å². The van der Waals surface area contributed by atoms with Gasteiger partial charge in [0.1, 0.15) is 12.7 Å². The molecule has 6 heteroatoms. The number of halogens is 1. The van der Waals surface area contributed by atoms with Crippen LogP contribution in [0.15, 0.2) is 24.9 Å². The van der Waals surface area contributed by atoms with Gasteiger partial charge >= 0.3 is 0 Å². The number of hydrogen-bond donors (Lipinski definition) is 1. The first-order valence-electron chi connectivity index (χ1n) is 5.01. The summed E-state index contributed by atoms with van der Waals surface area (Å²) in [5, 5.41) is 7.89. The summed E-state index contributed by atoms with van der Waals surface area (Å²) in [6.07, 6.45) is 4.71. The maximum Gasteiger partial charge on any atom is 0.155 e. The molecule has 0 unspecified atom stereocenters. The van der Waals surface area contributed by atoms with Crippen LogP contribution in [0.2, 0.25) is 5.02 Å². The van der Waals surface area contributed by atoms with Crippen LogP contribution in [0.4, 0.5) is 0 Å². The molecule has 0 aliphatic rings. The SMILES string of the molecule is CCNCc1cc(-n2cncn2)ncc1Cl. The maximum atomic E-state index is 6.05. The number of pyridine rings is 1. The molecule has 0 amide bonds. The van der Waals surface area contributed by atoms with Gasteiger partial charge in [0.05, 0.1) is 5.02 Å². The molecule has 0 saturated carbocycles. The van der Waals surface area contributed by atoms with E-state index in [-0.39, 0.29) is 0 Å². The highest BCUT2D eigenvalue weighted by Crippen LogP contribution is 2.16. The van der Waals surface area contributed by atoms with Gasteiger partial charge in [0.15, 0.2) is 5.82 Å².